The van der Waals surface area contributed by atoms with Gasteiger partial charge >= 0.3 is 0 Å². The molecule has 0 spiro atoms. The van der Waals surface area contributed by atoms with Crippen molar-refractivity contribution in [3.63, 3.8) is 0 Å². The van der Waals surface area contributed by atoms with Gasteiger partial charge in [-0.05, 0) is 93.7 Å². The number of fused-ring (bicyclic) bond motifs is 1. The standard InChI is InChI=1S/C38H43FN6O3/c1-8-37(3,4)26-19-25-15-18-45(36(47)34(25)29(39)20-26)32-12-9-11-28(24(32)2)30-21-31(35(46)43(7)42-30)41-33-14-13-27(22-40-33)48-38(5,6)23-44-16-10-17-44/h8-9,11-14,19-22H,1,10,15-18,23H2,2-7H3,(H,40,41). The molecular weight excluding hydrogens is 607 g/mol. The van der Waals surface area contributed by atoms with Crippen LogP contribution in [0.3, 0.4) is 0 Å². The Kier molecular flexibility index (Phi) is 8.72. The maximum Gasteiger partial charge on any atom is 0.290 e. The van der Waals surface area contributed by atoms with Crippen LogP contribution in [0.4, 0.5) is 21.6 Å². The predicted octanol–water partition coefficient (Wildman–Crippen LogP) is 6.56. The number of hydrogen-bond donors (Lipinski definition) is 1. The molecule has 2 aromatic heterocycles. The van der Waals surface area contributed by atoms with Crippen molar-refractivity contribution in [2.45, 2.75) is 58.5 Å². The van der Waals surface area contributed by atoms with Crippen LogP contribution in [-0.4, -0.2) is 57.4 Å². The van der Waals surface area contributed by atoms with Gasteiger partial charge in [-0.25, -0.2) is 14.1 Å². The monoisotopic (exact) mass is 650 g/mol. The van der Waals surface area contributed by atoms with Crippen molar-refractivity contribution in [1.82, 2.24) is 19.7 Å². The van der Waals surface area contributed by atoms with E-state index < -0.39 is 11.2 Å². The van der Waals surface area contributed by atoms with Gasteiger partial charge in [0, 0.05) is 36.8 Å². The Bertz CT molecular complexity index is 1950. The number of hydrogen-bond acceptors (Lipinski definition) is 7. The van der Waals surface area contributed by atoms with Gasteiger partial charge in [-0.15, -0.1) is 6.58 Å². The smallest absolute Gasteiger partial charge is 0.290 e. The fourth-order valence-electron chi connectivity index (χ4n) is 6.39. The van der Waals surface area contributed by atoms with Crippen molar-refractivity contribution >= 4 is 23.1 Å². The summed E-state index contributed by atoms with van der Waals surface area (Å²) in [7, 11) is 1.59. The third-order valence-electron chi connectivity index (χ3n) is 9.37. The minimum Gasteiger partial charge on any atom is -0.485 e. The number of nitrogens with one attached hydrogen (secondary N) is 1. The molecule has 10 heteroatoms. The number of nitrogens with zero attached hydrogens (tertiary/aromatic N) is 5. The first kappa shape index (κ1) is 33.1. The van der Waals surface area contributed by atoms with E-state index in [4.69, 9.17) is 4.74 Å². The molecule has 2 aliphatic heterocycles. The predicted molar refractivity (Wildman–Crippen MR) is 188 cm³/mol. The molecule has 0 radical (unpaired) electrons. The molecule has 4 heterocycles. The number of likely N-dealkylation sites (tertiary alicyclic amines) is 1. The third kappa shape index (κ3) is 6.49. The number of carbonyl (C=O) groups excluding carboxylic acids is 1. The quantitative estimate of drug-likeness (QED) is 0.194. The molecular formula is C38H43FN6O3. The Hall–Kier alpha value is -4.83. The Labute approximate surface area is 281 Å². The molecule has 1 amide bonds. The first-order chi connectivity index (χ1) is 22.8. The highest BCUT2D eigenvalue weighted by Crippen LogP contribution is 2.36. The molecule has 0 unspecified atom stereocenters. The van der Waals surface area contributed by atoms with E-state index in [1.165, 1.54) is 17.2 Å². The molecule has 0 atom stereocenters. The van der Waals surface area contributed by atoms with Gasteiger partial charge in [0.05, 0.1) is 17.5 Å². The van der Waals surface area contributed by atoms with Gasteiger partial charge in [-0.3, -0.25) is 14.5 Å². The van der Waals surface area contributed by atoms with Gasteiger partial charge in [0.15, 0.2) is 0 Å². The molecule has 1 fully saturated rings. The van der Waals surface area contributed by atoms with E-state index in [0.717, 1.165) is 36.3 Å². The number of allylic oxidation sites excluding steroid dienone is 1. The van der Waals surface area contributed by atoms with E-state index in [1.807, 2.05) is 51.1 Å². The zero-order valence-electron chi connectivity index (χ0n) is 28.6. The highest BCUT2D eigenvalue weighted by atomic mass is 19.1. The molecule has 9 nitrogen and oxygen atoms in total. The zero-order valence-corrected chi connectivity index (χ0v) is 28.6. The molecule has 2 aromatic carbocycles. The lowest BCUT2D eigenvalue weighted by Gasteiger charge is -2.38. The number of aromatic nitrogens is 3. The van der Waals surface area contributed by atoms with Gasteiger partial charge < -0.3 is 15.0 Å². The second kappa shape index (κ2) is 12.6. The fourth-order valence-corrected chi connectivity index (χ4v) is 6.39. The average molecular weight is 651 g/mol. The molecule has 2 aliphatic rings. The van der Waals surface area contributed by atoms with Gasteiger partial charge in [-0.1, -0.05) is 38.1 Å². The van der Waals surface area contributed by atoms with Crippen LogP contribution in [0.25, 0.3) is 11.3 Å². The topological polar surface area (TPSA) is 92.6 Å². The van der Waals surface area contributed by atoms with E-state index in [-0.39, 0.29) is 22.6 Å². The van der Waals surface area contributed by atoms with Crippen LogP contribution in [0.2, 0.25) is 0 Å². The van der Waals surface area contributed by atoms with E-state index in [1.54, 1.807) is 36.4 Å². The van der Waals surface area contributed by atoms with Crippen molar-refractivity contribution in [2.24, 2.45) is 7.05 Å². The van der Waals surface area contributed by atoms with Gasteiger partial charge in [0.2, 0.25) is 0 Å². The van der Waals surface area contributed by atoms with Gasteiger partial charge in [0.25, 0.3) is 11.5 Å². The molecule has 1 N–H and O–H groups in total. The van der Waals surface area contributed by atoms with Crippen molar-refractivity contribution in [3.05, 3.63) is 106 Å². The van der Waals surface area contributed by atoms with Crippen LogP contribution in [0, 0.1) is 12.7 Å². The number of anilines is 3. The maximum absolute atomic E-state index is 15.5. The van der Waals surface area contributed by atoms with Crippen LogP contribution >= 0.6 is 0 Å². The molecule has 0 aliphatic carbocycles. The normalized spacial score (nSPS) is 15.1. The van der Waals surface area contributed by atoms with Crippen LogP contribution < -0.4 is 20.5 Å². The Morgan fingerprint density at radius 1 is 1.06 bits per heavy atom. The van der Waals surface area contributed by atoms with E-state index in [9.17, 15) is 9.59 Å². The molecule has 0 bridgehead atoms. The highest BCUT2D eigenvalue weighted by Gasteiger charge is 2.32. The van der Waals surface area contributed by atoms with Crippen LogP contribution in [0.15, 0.2) is 72.2 Å². The van der Waals surface area contributed by atoms with Crippen LogP contribution in [0.1, 0.15) is 61.2 Å². The van der Waals surface area contributed by atoms with E-state index in [2.05, 4.69) is 40.7 Å². The number of pyridine rings is 1. The maximum atomic E-state index is 15.5. The lowest BCUT2D eigenvalue weighted by molar-refractivity contribution is 0.0350. The largest absolute Gasteiger partial charge is 0.485 e. The van der Waals surface area contributed by atoms with Crippen LogP contribution in [0.5, 0.6) is 5.75 Å². The minimum atomic E-state index is -0.528. The zero-order chi connectivity index (χ0) is 34.4. The molecule has 4 aromatic rings. The number of rotatable bonds is 10. The molecule has 250 valence electrons. The summed E-state index contributed by atoms with van der Waals surface area (Å²) in [5.74, 6) is 0.231. The fraction of sp³-hybridized carbons (Fsp3) is 0.368. The Morgan fingerprint density at radius 2 is 1.83 bits per heavy atom. The average Bonchev–Trinajstić information content (AvgIpc) is 3.02. The lowest BCUT2D eigenvalue weighted by atomic mass is 9.82. The summed E-state index contributed by atoms with van der Waals surface area (Å²) in [6, 6.07) is 14.3. The first-order valence-corrected chi connectivity index (χ1v) is 16.4. The summed E-state index contributed by atoms with van der Waals surface area (Å²) in [5, 5.41) is 7.68. The molecule has 1 saturated heterocycles. The Morgan fingerprint density at radius 3 is 2.50 bits per heavy atom. The number of halogens is 1. The summed E-state index contributed by atoms with van der Waals surface area (Å²) in [6.07, 6.45) is 5.18. The second-order valence-electron chi connectivity index (χ2n) is 13.9. The number of aryl methyl sites for hydroxylation is 1. The summed E-state index contributed by atoms with van der Waals surface area (Å²) in [5.41, 5.74) is 3.54. The summed E-state index contributed by atoms with van der Waals surface area (Å²) in [4.78, 5) is 35.4. The first-order valence-electron chi connectivity index (χ1n) is 16.4. The van der Waals surface area contributed by atoms with Crippen molar-refractivity contribution < 1.29 is 13.9 Å². The van der Waals surface area contributed by atoms with Crippen LogP contribution in [-0.2, 0) is 18.9 Å². The van der Waals surface area contributed by atoms with Gasteiger partial charge in [0.1, 0.15) is 28.7 Å². The SMILES string of the molecule is C=CC(C)(C)c1cc(F)c2c(c1)CCN(c1cccc(-c3cc(Nc4ccc(OC(C)(C)CN5CCC5)cn4)c(=O)n(C)n3)c1C)C2=O. The number of benzene rings is 2. The molecule has 6 rings (SSSR count). The summed E-state index contributed by atoms with van der Waals surface area (Å²) >= 11 is 0. The highest BCUT2D eigenvalue weighted by molar-refractivity contribution is 6.09. The van der Waals surface area contributed by atoms with Gasteiger partial charge in [-0.2, -0.15) is 5.10 Å². The summed E-state index contributed by atoms with van der Waals surface area (Å²) < 4.78 is 23.0. The van der Waals surface area contributed by atoms with Crippen molar-refractivity contribution in [3.8, 4) is 17.0 Å². The number of carbonyl (C=O) groups is 1. The number of ether oxygens (including phenoxy) is 1. The summed E-state index contributed by atoms with van der Waals surface area (Å²) in [6.45, 7) is 17.3. The van der Waals surface area contributed by atoms with E-state index >= 15 is 4.39 Å². The second-order valence-corrected chi connectivity index (χ2v) is 13.9. The minimum absolute atomic E-state index is 0.102. The van der Waals surface area contributed by atoms with Crippen molar-refractivity contribution in [1.29, 1.82) is 0 Å². The Balaban J connectivity index is 1.25. The lowest BCUT2D eigenvalue weighted by Crippen LogP contribution is -2.48. The van der Waals surface area contributed by atoms with E-state index in [0.29, 0.717) is 47.2 Å². The molecule has 0 saturated carbocycles. The number of amides is 1. The molecule has 48 heavy (non-hydrogen) atoms. The van der Waals surface area contributed by atoms with Crippen molar-refractivity contribution in [2.75, 3.05) is 36.4 Å². The third-order valence-corrected chi connectivity index (χ3v) is 9.37.